The molecule has 0 radical (unpaired) electrons. The molecule has 0 saturated carbocycles. The van der Waals surface area contributed by atoms with Gasteiger partial charge >= 0.3 is 5.69 Å². The van der Waals surface area contributed by atoms with Crippen LogP contribution in [0.25, 0.3) is 0 Å². The van der Waals surface area contributed by atoms with Crippen LogP contribution in [0.5, 0.6) is 0 Å². The van der Waals surface area contributed by atoms with Gasteiger partial charge < -0.3 is 5.11 Å². The van der Waals surface area contributed by atoms with Crippen molar-refractivity contribution in [1.82, 2.24) is 14.8 Å². The average molecular weight is 183 g/mol. The highest BCUT2D eigenvalue weighted by atomic mass is 16.3. The molecule has 0 fully saturated rings. The maximum Gasteiger partial charge on any atom is 0.343 e. The minimum Gasteiger partial charge on any atom is -0.396 e. The minimum atomic E-state index is -0.127. The highest BCUT2D eigenvalue weighted by Crippen LogP contribution is 2.26. The van der Waals surface area contributed by atoms with E-state index in [1.807, 2.05) is 0 Å². The summed E-state index contributed by atoms with van der Waals surface area (Å²) in [6.45, 7) is 0.915. The van der Waals surface area contributed by atoms with Gasteiger partial charge in [-0.2, -0.15) is 5.10 Å². The van der Waals surface area contributed by atoms with Gasteiger partial charge in [-0.1, -0.05) is 0 Å². The molecular weight excluding hydrogens is 170 g/mol. The number of nitrogens with one attached hydrogen (secondary N) is 1. The van der Waals surface area contributed by atoms with E-state index in [9.17, 15) is 4.79 Å². The first-order valence-corrected chi connectivity index (χ1v) is 4.59. The van der Waals surface area contributed by atoms with Crippen LogP contribution in [0.4, 0.5) is 0 Å². The van der Waals surface area contributed by atoms with E-state index in [-0.39, 0.29) is 18.2 Å². The van der Waals surface area contributed by atoms with Crippen molar-refractivity contribution in [3.05, 3.63) is 16.3 Å². The molecule has 1 aromatic heterocycles. The molecule has 0 spiro atoms. The van der Waals surface area contributed by atoms with Crippen LogP contribution < -0.4 is 5.69 Å². The number of aromatic nitrogens is 3. The third-order valence-corrected chi connectivity index (χ3v) is 2.56. The number of aliphatic hydroxyl groups excluding tert-OH is 1. The molecule has 0 aromatic carbocycles. The molecule has 2 N–H and O–H groups in total. The lowest BCUT2D eigenvalue weighted by Gasteiger charge is -2.20. The lowest BCUT2D eigenvalue weighted by atomic mass is 9.96. The topological polar surface area (TPSA) is 70.9 Å². The zero-order chi connectivity index (χ0) is 9.26. The van der Waals surface area contributed by atoms with E-state index in [4.69, 9.17) is 5.11 Å². The molecule has 0 amide bonds. The summed E-state index contributed by atoms with van der Waals surface area (Å²) in [6, 6.07) is 0. The molecule has 1 aromatic rings. The Kier molecular flexibility index (Phi) is 2.18. The lowest BCUT2D eigenvalue weighted by molar-refractivity contribution is 0.260. The van der Waals surface area contributed by atoms with E-state index >= 15 is 0 Å². The second kappa shape index (κ2) is 3.33. The molecule has 72 valence electrons. The summed E-state index contributed by atoms with van der Waals surface area (Å²) in [5.41, 5.74) is -0.127. The normalized spacial score (nSPS) is 21.5. The smallest absolute Gasteiger partial charge is 0.343 e. The SMILES string of the molecule is O=c1[nH]nc2n1CCCC2CCO. The minimum absolute atomic E-state index is 0.127. The summed E-state index contributed by atoms with van der Waals surface area (Å²) in [5.74, 6) is 1.06. The summed E-state index contributed by atoms with van der Waals surface area (Å²) in [6.07, 6.45) is 2.71. The van der Waals surface area contributed by atoms with Gasteiger partial charge in [-0.05, 0) is 19.3 Å². The molecule has 5 nitrogen and oxygen atoms in total. The molecule has 2 rings (SSSR count). The van der Waals surface area contributed by atoms with Crippen LogP contribution in [0.15, 0.2) is 4.79 Å². The molecule has 0 bridgehead atoms. The van der Waals surface area contributed by atoms with Crippen molar-refractivity contribution < 1.29 is 5.11 Å². The maximum absolute atomic E-state index is 11.2. The second-order valence-electron chi connectivity index (χ2n) is 3.39. The largest absolute Gasteiger partial charge is 0.396 e. The molecular formula is C8H13N3O2. The van der Waals surface area contributed by atoms with Gasteiger partial charge in [0.1, 0.15) is 5.82 Å². The predicted octanol–water partition coefficient (Wildman–Crippen LogP) is -0.169. The van der Waals surface area contributed by atoms with Crippen LogP contribution in [0.3, 0.4) is 0 Å². The Hall–Kier alpha value is -1.10. The van der Waals surface area contributed by atoms with Crippen molar-refractivity contribution in [1.29, 1.82) is 0 Å². The number of hydrogen-bond donors (Lipinski definition) is 2. The van der Waals surface area contributed by atoms with Crippen LogP contribution in [-0.2, 0) is 6.54 Å². The molecule has 13 heavy (non-hydrogen) atoms. The molecule has 0 saturated heterocycles. The van der Waals surface area contributed by atoms with Crippen molar-refractivity contribution in [2.45, 2.75) is 31.7 Å². The monoisotopic (exact) mass is 183 g/mol. The number of aromatic amines is 1. The van der Waals surface area contributed by atoms with Gasteiger partial charge in [-0.15, -0.1) is 0 Å². The number of hydrogen-bond acceptors (Lipinski definition) is 3. The van der Waals surface area contributed by atoms with Gasteiger partial charge in [0.05, 0.1) is 0 Å². The van der Waals surface area contributed by atoms with Crippen LogP contribution in [0, 0.1) is 0 Å². The van der Waals surface area contributed by atoms with Crippen LogP contribution in [0.1, 0.15) is 31.0 Å². The molecule has 2 heterocycles. The number of rotatable bonds is 2. The maximum atomic E-state index is 11.2. The first-order chi connectivity index (χ1) is 6.33. The number of fused-ring (bicyclic) bond motifs is 1. The Labute approximate surface area is 75.4 Å². The van der Waals surface area contributed by atoms with Gasteiger partial charge in [-0.25, -0.2) is 9.89 Å². The van der Waals surface area contributed by atoms with Crippen molar-refractivity contribution >= 4 is 0 Å². The van der Waals surface area contributed by atoms with E-state index in [0.717, 1.165) is 25.2 Å². The first-order valence-electron chi connectivity index (χ1n) is 4.59. The van der Waals surface area contributed by atoms with Gasteiger partial charge in [0, 0.05) is 19.1 Å². The van der Waals surface area contributed by atoms with Crippen LogP contribution in [-0.4, -0.2) is 26.5 Å². The summed E-state index contributed by atoms with van der Waals surface area (Å²) in [7, 11) is 0. The fourth-order valence-electron chi connectivity index (χ4n) is 1.91. The van der Waals surface area contributed by atoms with Gasteiger partial charge in [0.15, 0.2) is 0 Å². The van der Waals surface area contributed by atoms with Crippen LogP contribution >= 0.6 is 0 Å². The second-order valence-corrected chi connectivity index (χ2v) is 3.39. The summed E-state index contributed by atoms with van der Waals surface area (Å²) < 4.78 is 1.67. The average Bonchev–Trinajstić information content (AvgIpc) is 2.50. The Morgan fingerprint density at radius 1 is 1.69 bits per heavy atom. The lowest BCUT2D eigenvalue weighted by Crippen LogP contribution is -2.24. The fourth-order valence-corrected chi connectivity index (χ4v) is 1.91. The number of aliphatic hydroxyl groups is 1. The molecule has 5 heteroatoms. The highest BCUT2D eigenvalue weighted by Gasteiger charge is 2.22. The third kappa shape index (κ3) is 1.39. The van der Waals surface area contributed by atoms with Gasteiger partial charge in [0.25, 0.3) is 0 Å². The van der Waals surface area contributed by atoms with Crippen molar-refractivity contribution in [3.63, 3.8) is 0 Å². The molecule has 1 unspecified atom stereocenters. The Morgan fingerprint density at radius 3 is 3.31 bits per heavy atom. The zero-order valence-electron chi connectivity index (χ0n) is 7.36. The third-order valence-electron chi connectivity index (χ3n) is 2.56. The summed E-state index contributed by atoms with van der Waals surface area (Å²) in [5, 5.41) is 15.2. The Morgan fingerprint density at radius 2 is 2.54 bits per heavy atom. The molecule has 0 aliphatic carbocycles. The van der Waals surface area contributed by atoms with Gasteiger partial charge in [-0.3, -0.25) is 4.57 Å². The Balaban J connectivity index is 2.32. The van der Waals surface area contributed by atoms with Crippen molar-refractivity contribution in [3.8, 4) is 0 Å². The van der Waals surface area contributed by atoms with Gasteiger partial charge in [0.2, 0.25) is 0 Å². The first kappa shape index (κ1) is 8.50. The van der Waals surface area contributed by atoms with E-state index in [0.29, 0.717) is 6.42 Å². The molecule has 1 atom stereocenters. The highest BCUT2D eigenvalue weighted by molar-refractivity contribution is 4.99. The van der Waals surface area contributed by atoms with E-state index in [1.54, 1.807) is 4.57 Å². The Bertz CT molecular complexity index is 341. The van der Waals surface area contributed by atoms with E-state index < -0.39 is 0 Å². The summed E-state index contributed by atoms with van der Waals surface area (Å²) in [4.78, 5) is 11.2. The molecule has 1 aliphatic heterocycles. The van der Waals surface area contributed by atoms with E-state index in [1.165, 1.54) is 0 Å². The fraction of sp³-hybridized carbons (Fsp3) is 0.750. The molecule has 1 aliphatic rings. The van der Waals surface area contributed by atoms with Crippen molar-refractivity contribution in [2.75, 3.05) is 6.61 Å². The van der Waals surface area contributed by atoms with E-state index in [2.05, 4.69) is 10.2 Å². The number of nitrogens with zero attached hydrogens (tertiary/aromatic N) is 2. The number of H-pyrrole nitrogens is 1. The van der Waals surface area contributed by atoms with Crippen LogP contribution in [0.2, 0.25) is 0 Å². The zero-order valence-corrected chi connectivity index (χ0v) is 7.36. The predicted molar refractivity (Wildman–Crippen MR) is 46.5 cm³/mol. The quantitative estimate of drug-likeness (QED) is 0.668. The summed E-state index contributed by atoms with van der Waals surface area (Å²) >= 11 is 0. The standard InChI is InChI=1S/C8H13N3O2/c12-5-3-6-2-1-4-11-7(6)9-10-8(11)13/h6,12H,1-5H2,(H,10,13). The van der Waals surface area contributed by atoms with Crippen molar-refractivity contribution in [2.24, 2.45) is 0 Å².